The number of H-pyrrole nitrogens is 1. The Labute approximate surface area is 98.1 Å². The van der Waals surface area contributed by atoms with Gasteiger partial charge in [0.05, 0.1) is 5.56 Å². The van der Waals surface area contributed by atoms with Crippen LogP contribution in [-0.2, 0) is 6.42 Å². The maximum atomic E-state index is 11.4. The number of hydrogen-bond acceptors (Lipinski definition) is 4. The molecule has 2 aromatic heterocycles. The summed E-state index contributed by atoms with van der Waals surface area (Å²) in [6.07, 6.45) is 3.80. The number of nitrogens with zero attached hydrogens (tertiary/aromatic N) is 1. The van der Waals surface area contributed by atoms with Crippen LogP contribution in [0.15, 0.2) is 33.8 Å². The molecule has 0 bridgehead atoms. The highest BCUT2D eigenvalue weighted by Gasteiger charge is 2.13. The molecule has 0 saturated carbocycles. The number of nitrogens with one attached hydrogen (secondary N) is 1. The van der Waals surface area contributed by atoms with Gasteiger partial charge in [-0.2, -0.15) is 5.16 Å². The van der Waals surface area contributed by atoms with Gasteiger partial charge in [0.25, 0.3) is 5.56 Å². The van der Waals surface area contributed by atoms with E-state index >= 15 is 0 Å². The number of hydrogen-bond donors (Lipinski definition) is 2. The summed E-state index contributed by atoms with van der Waals surface area (Å²) in [6, 6.07) is 3.62. The van der Waals surface area contributed by atoms with Gasteiger partial charge in [-0.05, 0) is 25.1 Å². The fourth-order valence-corrected chi connectivity index (χ4v) is 1.43. The van der Waals surface area contributed by atoms with E-state index in [-0.39, 0.29) is 18.0 Å². The third kappa shape index (κ3) is 2.32. The van der Waals surface area contributed by atoms with Gasteiger partial charge in [-0.1, -0.05) is 0 Å². The number of pyridine rings is 1. The highest BCUT2D eigenvalue weighted by Crippen LogP contribution is 2.19. The molecule has 0 spiro atoms. The van der Waals surface area contributed by atoms with Crippen LogP contribution in [0.1, 0.15) is 5.56 Å². The SMILES string of the molecule is Cl.NCCc1c(-c2cccnc2)o[nH]c1=O. The third-order valence-electron chi connectivity index (χ3n) is 2.11. The summed E-state index contributed by atoms with van der Waals surface area (Å²) in [5.41, 5.74) is 6.55. The number of rotatable bonds is 3. The minimum Gasteiger partial charge on any atom is -0.378 e. The molecule has 3 N–H and O–H groups in total. The summed E-state index contributed by atoms with van der Waals surface area (Å²) in [6.45, 7) is 0.413. The van der Waals surface area contributed by atoms with E-state index < -0.39 is 0 Å². The lowest BCUT2D eigenvalue weighted by Crippen LogP contribution is -2.12. The summed E-state index contributed by atoms with van der Waals surface area (Å²) in [5, 5.41) is 2.31. The Kier molecular flexibility index (Phi) is 4.28. The molecular weight excluding hydrogens is 230 g/mol. The van der Waals surface area contributed by atoms with Crippen LogP contribution in [0.5, 0.6) is 0 Å². The predicted molar refractivity (Wildman–Crippen MR) is 62.6 cm³/mol. The molecule has 0 aliphatic heterocycles. The van der Waals surface area contributed by atoms with E-state index in [4.69, 9.17) is 10.3 Å². The standard InChI is InChI=1S/C10H11N3O2.ClH/c11-4-3-8-9(15-13-10(8)14)7-2-1-5-12-6-7;/h1-2,5-6H,3-4,11H2,(H,13,14);1H. The van der Waals surface area contributed by atoms with Crippen LogP contribution in [0.4, 0.5) is 0 Å². The van der Waals surface area contributed by atoms with Gasteiger partial charge in [0.1, 0.15) is 0 Å². The first-order chi connectivity index (χ1) is 7.33. The topological polar surface area (TPSA) is 84.9 Å². The second-order valence-electron chi connectivity index (χ2n) is 3.12. The maximum Gasteiger partial charge on any atom is 0.283 e. The summed E-state index contributed by atoms with van der Waals surface area (Å²) in [5.74, 6) is 0.526. The predicted octanol–water partition coefficient (Wildman–Crippen LogP) is 0.953. The highest BCUT2D eigenvalue weighted by atomic mass is 35.5. The zero-order valence-electron chi connectivity index (χ0n) is 8.47. The number of aromatic amines is 1. The first-order valence-electron chi connectivity index (χ1n) is 4.63. The molecule has 2 aromatic rings. The van der Waals surface area contributed by atoms with Gasteiger partial charge < -0.3 is 10.3 Å². The molecule has 0 aliphatic carbocycles. The Morgan fingerprint density at radius 2 is 2.31 bits per heavy atom. The highest BCUT2D eigenvalue weighted by molar-refractivity contribution is 5.85. The monoisotopic (exact) mass is 241 g/mol. The Morgan fingerprint density at radius 1 is 1.50 bits per heavy atom. The minimum absolute atomic E-state index is 0. The zero-order valence-corrected chi connectivity index (χ0v) is 9.29. The molecule has 0 radical (unpaired) electrons. The van der Waals surface area contributed by atoms with Gasteiger partial charge in [-0.3, -0.25) is 9.78 Å². The lowest BCUT2D eigenvalue weighted by Gasteiger charge is -1.97. The molecule has 0 aliphatic rings. The van der Waals surface area contributed by atoms with Gasteiger partial charge in [0.15, 0.2) is 5.76 Å². The molecule has 2 rings (SSSR count). The van der Waals surface area contributed by atoms with Crippen LogP contribution >= 0.6 is 12.4 Å². The number of aromatic nitrogens is 2. The van der Waals surface area contributed by atoms with Crippen molar-refractivity contribution in [3.63, 3.8) is 0 Å². The average Bonchev–Trinajstić information content (AvgIpc) is 2.63. The molecular formula is C10H12ClN3O2. The van der Waals surface area contributed by atoms with E-state index in [2.05, 4.69) is 10.1 Å². The average molecular weight is 242 g/mol. The van der Waals surface area contributed by atoms with Gasteiger partial charge in [0, 0.05) is 18.0 Å². The first kappa shape index (κ1) is 12.5. The van der Waals surface area contributed by atoms with Crippen molar-refractivity contribution in [2.24, 2.45) is 5.73 Å². The molecule has 0 saturated heterocycles. The molecule has 2 heterocycles. The van der Waals surface area contributed by atoms with Crippen molar-refractivity contribution in [3.05, 3.63) is 40.4 Å². The first-order valence-corrected chi connectivity index (χ1v) is 4.63. The molecule has 16 heavy (non-hydrogen) atoms. The van der Waals surface area contributed by atoms with Gasteiger partial charge >= 0.3 is 0 Å². The van der Waals surface area contributed by atoms with Gasteiger partial charge in [0.2, 0.25) is 0 Å². The second kappa shape index (κ2) is 5.48. The van der Waals surface area contributed by atoms with Crippen LogP contribution in [0.2, 0.25) is 0 Å². The second-order valence-corrected chi connectivity index (χ2v) is 3.12. The molecule has 0 aromatic carbocycles. The van der Waals surface area contributed by atoms with E-state index in [0.29, 0.717) is 24.3 Å². The normalized spacial score (nSPS) is 9.81. The Balaban J connectivity index is 0.00000128. The summed E-state index contributed by atoms with van der Waals surface area (Å²) < 4.78 is 5.10. The van der Waals surface area contributed by atoms with Crippen molar-refractivity contribution in [2.75, 3.05) is 6.54 Å². The van der Waals surface area contributed by atoms with Crippen molar-refractivity contribution < 1.29 is 4.52 Å². The van der Waals surface area contributed by atoms with E-state index in [1.807, 2.05) is 6.07 Å². The molecule has 0 amide bonds. The molecule has 6 heteroatoms. The molecule has 0 unspecified atom stereocenters. The maximum absolute atomic E-state index is 11.4. The minimum atomic E-state index is -0.223. The van der Waals surface area contributed by atoms with E-state index in [0.717, 1.165) is 5.56 Å². The zero-order chi connectivity index (χ0) is 10.7. The lowest BCUT2D eigenvalue weighted by molar-refractivity contribution is 0.425. The Morgan fingerprint density at radius 3 is 2.94 bits per heavy atom. The van der Waals surface area contributed by atoms with Crippen molar-refractivity contribution in [1.29, 1.82) is 0 Å². The summed E-state index contributed by atoms with van der Waals surface area (Å²) in [4.78, 5) is 15.3. The molecule has 5 nitrogen and oxygen atoms in total. The fraction of sp³-hybridized carbons (Fsp3) is 0.200. The van der Waals surface area contributed by atoms with Gasteiger partial charge in [-0.15, -0.1) is 12.4 Å². The van der Waals surface area contributed by atoms with Crippen molar-refractivity contribution >= 4 is 12.4 Å². The summed E-state index contributed by atoms with van der Waals surface area (Å²) >= 11 is 0. The van der Waals surface area contributed by atoms with Crippen molar-refractivity contribution in [2.45, 2.75) is 6.42 Å². The van der Waals surface area contributed by atoms with E-state index in [1.54, 1.807) is 18.5 Å². The summed E-state index contributed by atoms with van der Waals surface area (Å²) in [7, 11) is 0. The molecule has 0 atom stereocenters. The lowest BCUT2D eigenvalue weighted by atomic mass is 10.1. The quantitative estimate of drug-likeness (QED) is 0.838. The van der Waals surface area contributed by atoms with Crippen molar-refractivity contribution in [1.82, 2.24) is 10.1 Å². The number of nitrogens with two attached hydrogens (primary N) is 1. The largest absolute Gasteiger partial charge is 0.378 e. The van der Waals surface area contributed by atoms with Crippen LogP contribution < -0.4 is 11.3 Å². The third-order valence-corrected chi connectivity index (χ3v) is 2.11. The van der Waals surface area contributed by atoms with Crippen LogP contribution in [0.3, 0.4) is 0 Å². The van der Waals surface area contributed by atoms with E-state index in [1.165, 1.54) is 0 Å². The van der Waals surface area contributed by atoms with Crippen molar-refractivity contribution in [3.8, 4) is 11.3 Å². The smallest absolute Gasteiger partial charge is 0.283 e. The molecule has 0 fully saturated rings. The molecule has 86 valence electrons. The van der Waals surface area contributed by atoms with Crippen LogP contribution in [0, 0.1) is 0 Å². The Bertz CT molecular complexity index is 492. The van der Waals surface area contributed by atoms with E-state index in [9.17, 15) is 4.79 Å². The van der Waals surface area contributed by atoms with Crippen LogP contribution in [0.25, 0.3) is 11.3 Å². The number of halogens is 1. The van der Waals surface area contributed by atoms with Gasteiger partial charge in [-0.25, -0.2) is 0 Å². The fourth-order valence-electron chi connectivity index (χ4n) is 1.43. The van der Waals surface area contributed by atoms with Crippen LogP contribution in [-0.4, -0.2) is 16.7 Å². The Hall–Kier alpha value is -1.59.